The fourth-order valence-electron chi connectivity index (χ4n) is 5.17. The van der Waals surface area contributed by atoms with Gasteiger partial charge in [-0.1, -0.05) is 5.92 Å². The summed E-state index contributed by atoms with van der Waals surface area (Å²) < 4.78 is 17.6. The van der Waals surface area contributed by atoms with Crippen LogP contribution in [0.25, 0.3) is 11.2 Å². The Balaban J connectivity index is 1.29. The van der Waals surface area contributed by atoms with E-state index in [4.69, 9.17) is 19.9 Å². The predicted octanol–water partition coefficient (Wildman–Crippen LogP) is 0.780. The zero-order valence-corrected chi connectivity index (χ0v) is 25.4. The average Bonchev–Trinajstić information content (AvgIpc) is 3.51. The van der Waals surface area contributed by atoms with Gasteiger partial charge in [0.15, 0.2) is 23.8 Å². The number of esters is 1. The van der Waals surface area contributed by atoms with Crippen molar-refractivity contribution in [2.45, 2.75) is 89.9 Å². The Morgan fingerprint density at radius 2 is 1.86 bits per heavy atom. The second-order valence-corrected chi connectivity index (χ2v) is 11.9. The molecule has 2 aromatic rings. The first-order chi connectivity index (χ1) is 20.9. The molecule has 15 nitrogen and oxygen atoms in total. The van der Waals surface area contributed by atoms with Gasteiger partial charge in [-0.3, -0.25) is 14.2 Å². The van der Waals surface area contributed by atoms with Crippen LogP contribution < -0.4 is 16.4 Å². The van der Waals surface area contributed by atoms with E-state index in [1.807, 2.05) is 0 Å². The van der Waals surface area contributed by atoms with E-state index in [2.05, 4.69) is 37.4 Å². The van der Waals surface area contributed by atoms with Crippen molar-refractivity contribution in [3.8, 4) is 11.8 Å². The van der Waals surface area contributed by atoms with E-state index in [0.717, 1.165) is 12.8 Å². The van der Waals surface area contributed by atoms with E-state index in [1.165, 1.54) is 10.9 Å². The van der Waals surface area contributed by atoms with Gasteiger partial charge in [-0.2, -0.15) is 0 Å². The summed E-state index contributed by atoms with van der Waals surface area (Å²) in [5, 5.41) is 26.1. The molecule has 240 valence electrons. The first-order valence-corrected chi connectivity index (χ1v) is 14.8. The zero-order valence-electron chi connectivity index (χ0n) is 25.4. The number of ether oxygens (including phenoxy) is 3. The van der Waals surface area contributed by atoms with Crippen LogP contribution in [-0.2, 0) is 23.8 Å². The number of alkyl carbamates (subject to hydrolysis) is 1. The van der Waals surface area contributed by atoms with Crippen molar-refractivity contribution in [2.75, 3.05) is 25.4 Å². The first kappa shape index (κ1) is 32.9. The Morgan fingerprint density at radius 1 is 1.14 bits per heavy atom. The molecule has 1 saturated carbocycles. The van der Waals surface area contributed by atoms with E-state index < -0.39 is 42.1 Å². The SMILES string of the molecule is CCNC(=O)C1OC(n2cnc3c(N)nc(C#CCC4CCC(C(=O)OCCNC(=O)OC(C)(C)C)CC4)nc32)C(O)C1O. The maximum Gasteiger partial charge on any atom is 0.407 e. The van der Waals surface area contributed by atoms with Gasteiger partial charge >= 0.3 is 12.1 Å². The molecule has 44 heavy (non-hydrogen) atoms. The van der Waals surface area contributed by atoms with Gasteiger partial charge in [-0.05, 0) is 65.2 Å². The number of carbonyl (C=O) groups excluding carboxylic acids is 3. The van der Waals surface area contributed by atoms with Gasteiger partial charge in [0.1, 0.15) is 29.9 Å². The molecule has 2 fully saturated rings. The number of nitrogen functional groups attached to an aromatic ring is 1. The van der Waals surface area contributed by atoms with Gasteiger partial charge in [0.2, 0.25) is 5.82 Å². The highest BCUT2D eigenvalue weighted by Gasteiger charge is 2.47. The van der Waals surface area contributed by atoms with Crippen molar-refractivity contribution >= 4 is 35.0 Å². The van der Waals surface area contributed by atoms with Crippen molar-refractivity contribution in [3.63, 3.8) is 0 Å². The summed E-state index contributed by atoms with van der Waals surface area (Å²) in [6.45, 7) is 7.65. The highest BCUT2D eigenvalue weighted by molar-refractivity contribution is 5.83. The lowest BCUT2D eigenvalue weighted by Gasteiger charge is -2.26. The summed E-state index contributed by atoms with van der Waals surface area (Å²) >= 11 is 0. The highest BCUT2D eigenvalue weighted by atomic mass is 16.6. The number of likely N-dealkylation sites (N-methyl/N-ethyl adjacent to an activating group) is 1. The number of hydrogen-bond donors (Lipinski definition) is 5. The molecule has 4 rings (SSSR count). The summed E-state index contributed by atoms with van der Waals surface area (Å²) in [5.74, 6) is 5.59. The monoisotopic (exact) mass is 615 g/mol. The molecule has 0 radical (unpaired) electrons. The van der Waals surface area contributed by atoms with Gasteiger partial charge in [0.25, 0.3) is 5.91 Å². The molecule has 2 aliphatic rings. The van der Waals surface area contributed by atoms with Crippen LogP contribution >= 0.6 is 0 Å². The number of imidazole rings is 1. The van der Waals surface area contributed by atoms with Gasteiger partial charge in [0, 0.05) is 13.0 Å². The van der Waals surface area contributed by atoms with E-state index in [0.29, 0.717) is 31.7 Å². The first-order valence-electron chi connectivity index (χ1n) is 14.8. The van der Waals surface area contributed by atoms with E-state index in [1.54, 1.807) is 27.7 Å². The van der Waals surface area contributed by atoms with Crippen LogP contribution in [0.3, 0.4) is 0 Å². The lowest BCUT2D eigenvalue weighted by atomic mass is 9.81. The number of anilines is 1. The number of nitrogens with zero attached hydrogens (tertiary/aromatic N) is 4. The minimum absolute atomic E-state index is 0.0804. The molecule has 15 heteroatoms. The maximum absolute atomic E-state index is 12.4. The Morgan fingerprint density at radius 3 is 2.55 bits per heavy atom. The summed E-state index contributed by atoms with van der Waals surface area (Å²) in [7, 11) is 0. The molecule has 1 aliphatic carbocycles. The Bertz CT molecular complexity index is 1400. The largest absolute Gasteiger partial charge is 0.464 e. The topological polar surface area (TPSA) is 213 Å². The quantitative estimate of drug-likeness (QED) is 0.158. The van der Waals surface area contributed by atoms with Crippen molar-refractivity contribution in [3.05, 3.63) is 12.2 Å². The molecular weight excluding hydrogens is 574 g/mol. The van der Waals surface area contributed by atoms with Crippen LogP contribution in [0.5, 0.6) is 0 Å². The molecule has 0 bridgehead atoms. The lowest BCUT2D eigenvalue weighted by molar-refractivity contribution is -0.149. The molecule has 1 saturated heterocycles. The summed E-state index contributed by atoms with van der Waals surface area (Å²) in [6.07, 6.45) is -0.865. The van der Waals surface area contributed by atoms with Crippen molar-refractivity contribution in [1.82, 2.24) is 30.2 Å². The van der Waals surface area contributed by atoms with E-state index in [9.17, 15) is 24.6 Å². The molecule has 0 spiro atoms. The number of aliphatic hydroxyl groups is 2. The standard InChI is InChI=1S/C29H41N7O8/c1-5-31-25(39)22-20(37)21(38)26(43-22)36-15-33-19-23(30)34-18(35-24(19)36)8-6-7-16-9-11-17(12-10-16)27(40)42-14-13-32-28(41)44-29(2,3)4/h15-17,20-22,26,37-38H,5,7,9-14H2,1-4H3,(H,31,39)(H,32,41)(H2,30,34,35). The molecule has 3 heterocycles. The fourth-order valence-corrected chi connectivity index (χ4v) is 5.17. The fraction of sp³-hybridized carbons (Fsp3) is 0.655. The minimum Gasteiger partial charge on any atom is -0.464 e. The second kappa shape index (κ2) is 14.2. The zero-order chi connectivity index (χ0) is 32.0. The number of amides is 2. The molecule has 2 aromatic heterocycles. The normalized spacial score (nSPS) is 25.1. The van der Waals surface area contributed by atoms with Crippen molar-refractivity contribution in [1.29, 1.82) is 0 Å². The molecule has 4 unspecified atom stereocenters. The number of aliphatic hydroxyl groups excluding tert-OH is 2. The van der Waals surface area contributed by atoms with Crippen LogP contribution in [-0.4, -0.2) is 91.3 Å². The van der Waals surface area contributed by atoms with Crippen LogP contribution in [0.1, 0.15) is 71.9 Å². The molecule has 2 amide bonds. The molecule has 4 atom stereocenters. The molecule has 6 N–H and O–H groups in total. The average molecular weight is 616 g/mol. The third kappa shape index (κ3) is 8.13. The van der Waals surface area contributed by atoms with Crippen molar-refractivity contribution < 1.29 is 38.8 Å². The van der Waals surface area contributed by atoms with Gasteiger partial charge in [0.05, 0.1) is 18.8 Å². The lowest BCUT2D eigenvalue weighted by Crippen LogP contribution is -2.42. The number of fused-ring (bicyclic) bond motifs is 1. The van der Waals surface area contributed by atoms with Gasteiger partial charge in [-0.15, -0.1) is 0 Å². The maximum atomic E-state index is 12.4. The van der Waals surface area contributed by atoms with Crippen LogP contribution in [0.2, 0.25) is 0 Å². The number of aromatic nitrogens is 4. The Hall–Kier alpha value is -4.00. The third-order valence-electron chi connectivity index (χ3n) is 7.36. The van der Waals surface area contributed by atoms with E-state index in [-0.39, 0.29) is 47.8 Å². The second-order valence-electron chi connectivity index (χ2n) is 11.9. The minimum atomic E-state index is -1.44. The number of carbonyl (C=O) groups is 3. The number of nitrogens with two attached hydrogens (primary N) is 1. The number of nitrogens with one attached hydrogen (secondary N) is 2. The van der Waals surface area contributed by atoms with Gasteiger partial charge in [-0.25, -0.2) is 19.7 Å². The van der Waals surface area contributed by atoms with E-state index >= 15 is 0 Å². The van der Waals surface area contributed by atoms with Gasteiger partial charge < -0.3 is 40.8 Å². The number of rotatable bonds is 8. The Kier molecular flexibility index (Phi) is 10.6. The summed E-state index contributed by atoms with van der Waals surface area (Å²) in [4.78, 5) is 49.3. The van der Waals surface area contributed by atoms with Crippen LogP contribution in [0.4, 0.5) is 10.6 Å². The highest BCUT2D eigenvalue weighted by Crippen LogP contribution is 2.33. The summed E-state index contributed by atoms with van der Waals surface area (Å²) in [6, 6.07) is 0. The molecule has 1 aliphatic heterocycles. The van der Waals surface area contributed by atoms with Crippen LogP contribution in [0, 0.1) is 23.7 Å². The predicted molar refractivity (Wildman–Crippen MR) is 156 cm³/mol. The molecule has 0 aromatic carbocycles. The smallest absolute Gasteiger partial charge is 0.407 e. The van der Waals surface area contributed by atoms with Crippen molar-refractivity contribution in [2.24, 2.45) is 11.8 Å². The number of hydrogen-bond acceptors (Lipinski definition) is 12. The third-order valence-corrected chi connectivity index (χ3v) is 7.36. The summed E-state index contributed by atoms with van der Waals surface area (Å²) in [5.41, 5.74) is 6.03. The Labute approximate surface area is 255 Å². The van der Waals surface area contributed by atoms with Crippen LogP contribution in [0.15, 0.2) is 6.33 Å². The molecular formula is C29H41N7O8.